The van der Waals surface area contributed by atoms with E-state index in [-0.39, 0.29) is 11.3 Å². The van der Waals surface area contributed by atoms with Crippen LogP contribution in [0.2, 0.25) is 0 Å². The summed E-state index contributed by atoms with van der Waals surface area (Å²) in [6.45, 7) is 3.83. The van der Waals surface area contributed by atoms with Crippen LogP contribution in [0.4, 0.5) is 0 Å². The first kappa shape index (κ1) is 14.3. The highest BCUT2D eigenvalue weighted by Gasteiger charge is 2.29. The fourth-order valence-corrected chi connectivity index (χ4v) is 4.73. The average Bonchev–Trinajstić information content (AvgIpc) is 2.55. The molecule has 3 unspecified atom stereocenters. The van der Waals surface area contributed by atoms with Crippen LogP contribution in [0, 0.1) is 5.92 Å². The maximum absolute atomic E-state index is 12.3. The molecule has 0 aromatic heterocycles. The van der Waals surface area contributed by atoms with E-state index in [0.717, 1.165) is 51.0 Å². The monoisotopic (exact) mass is 274 g/mol. The van der Waals surface area contributed by atoms with Crippen molar-refractivity contribution in [2.24, 2.45) is 5.92 Å². The lowest BCUT2D eigenvalue weighted by atomic mass is 10.0. The van der Waals surface area contributed by atoms with Gasteiger partial charge in [-0.3, -0.25) is 0 Å². The maximum Gasteiger partial charge on any atom is 0.215 e. The van der Waals surface area contributed by atoms with Gasteiger partial charge < -0.3 is 5.32 Å². The lowest BCUT2D eigenvalue weighted by Crippen LogP contribution is -2.47. The third-order valence-electron chi connectivity index (χ3n) is 4.28. The van der Waals surface area contributed by atoms with E-state index in [2.05, 4.69) is 17.0 Å². The predicted molar refractivity (Wildman–Crippen MR) is 74.0 cm³/mol. The van der Waals surface area contributed by atoms with Gasteiger partial charge in [-0.05, 0) is 44.6 Å². The second kappa shape index (κ2) is 6.35. The normalized spacial score (nSPS) is 35.1. The summed E-state index contributed by atoms with van der Waals surface area (Å²) >= 11 is 0. The lowest BCUT2D eigenvalue weighted by molar-refractivity contribution is 0.462. The summed E-state index contributed by atoms with van der Waals surface area (Å²) in [5.74, 6) is 0.746. The third-order valence-corrected chi connectivity index (χ3v) is 6.22. The van der Waals surface area contributed by atoms with E-state index >= 15 is 0 Å². The fraction of sp³-hybridized carbons (Fsp3) is 1.00. The van der Waals surface area contributed by atoms with Crippen LogP contribution in [0.3, 0.4) is 0 Å². The second-order valence-corrected chi connectivity index (χ2v) is 7.93. The molecule has 0 aromatic carbocycles. The molecule has 0 amide bonds. The van der Waals surface area contributed by atoms with Crippen LogP contribution in [0.5, 0.6) is 0 Å². The van der Waals surface area contributed by atoms with Crippen molar-refractivity contribution >= 4 is 10.0 Å². The van der Waals surface area contributed by atoms with Crippen LogP contribution in [-0.4, -0.2) is 32.8 Å². The zero-order valence-corrected chi connectivity index (χ0v) is 12.1. The number of piperidine rings is 1. The molecule has 1 heterocycles. The molecule has 0 bridgehead atoms. The molecule has 0 radical (unpaired) electrons. The largest absolute Gasteiger partial charge is 0.315 e. The molecule has 1 aliphatic heterocycles. The Balaban J connectivity index is 1.90. The molecule has 2 fully saturated rings. The molecule has 2 aliphatic rings. The van der Waals surface area contributed by atoms with Gasteiger partial charge in [0, 0.05) is 12.6 Å². The molecule has 2 N–H and O–H groups in total. The summed E-state index contributed by atoms with van der Waals surface area (Å²) in [4.78, 5) is 0. The zero-order chi connectivity index (χ0) is 13.0. The van der Waals surface area contributed by atoms with E-state index in [0.29, 0.717) is 6.54 Å². The first-order valence-electron chi connectivity index (χ1n) is 7.30. The summed E-state index contributed by atoms with van der Waals surface area (Å²) in [5.41, 5.74) is 0. The van der Waals surface area contributed by atoms with Gasteiger partial charge in [0.25, 0.3) is 0 Å². The molecule has 2 rings (SSSR count). The second-order valence-electron chi connectivity index (χ2n) is 5.94. The fourth-order valence-electron chi connectivity index (χ4n) is 3.02. The molecule has 0 spiro atoms. The van der Waals surface area contributed by atoms with Crippen molar-refractivity contribution in [3.05, 3.63) is 0 Å². The molecule has 5 heteroatoms. The van der Waals surface area contributed by atoms with E-state index in [4.69, 9.17) is 0 Å². The Bertz CT molecular complexity index is 350. The number of rotatable bonds is 3. The molecule has 1 saturated heterocycles. The molecular weight excluding hydrogens is 248 g/mol. The van der Waals surface area contributed by atoms with E-state index in [9.17, 15) is 8.42 Å². The van der Waals surface area contributed by atoms with Crippen molar-refractivity contribution in [3.8, 4) is 0 Å². The smallest absolute Gasteiger partial charge is 0.215 e. The van der Waals surface area contributed by atoms with Gasteiger partial charge in [0.1, 0.15) is 0 Å². The minimum atomic E-state index is -3.13. The summed E-state index contributed by atoms with van der Waals surface area (Å²) in [7, 11) is -3.13. The van der Waals surface area contributed by atoms with Crippen molar-refractivity contribution in [1.29, 1.82) is 0 Å². The van der Waals surface area contributed by atoms with Crippen LogP contribution < -0.4 is 10.0 Å². The summed E-state index contributed by atoms with van der Waals surface area (Å²) < 4.78 is 27.6. The van der Waals surface area contributed by atoms with E-state index in [1.807, 2.05) is 0 Å². The van der Waals surface area contributed by atoms with Crippen molar-refractivity contribution < 1.29 is 8.42 Å². The van der Waals surface area contributed by atoms with Gasteiger partial charge >= 0.3 is 0 Å². The van der Waals surface area contributed by atoms with Crippen LogP contribution in [-0.2, 0) is 10.0 Å². The van der Waals surface area contributed by atoms with E-state index < -0.39 is 10.0 Å². The number of hydrogen-bond acceptors (Lipinski definition) is 3. The van der Waals surface area contributed by atoms with Crippen molar-refractivity contribution in [2.45, 2.75) is 63.2 Å². The number of hydrogen-bond donors (Lipinski definition) is 2. The van der Waals surface area contributed by atoms with Gasteiger partial charge in [0.2, 0.25) is 10.0 Å². The Hall–Kier alpha value is -0.130. The topological polar surface area (TPSA) is 58.2 Å². The average molecular weight is 274 g/mol. The summed E-state index contributed by atoms with van der Waals surface area (Å²) in [6.07, 6.45) is 7.31. The summed E-state index contributed by atoms with van der Waals surface area (Å²) in [6, 6.07) is 0.168. The Morgan fingerprint density at radius 1 is 1.06 bits per heavy atom. The van der Waals surface area contributed by atoms with Crippen LogP contribution >= 0.6 is 0 Å². The molecule has 1 saturated carbocycles. The Kier molecular flexibility index (Phi) is 5.04. The molecule has 4 nitrogen and oxygen atoms in total. The van der Waals surface area contributed by atoms with Gasteiger partial charge in [0.15, 0.2) is 0 Å². The predicted octanol–water partition coefficient (Wildman–Crippen LogP) is 1.63. The van der Waals surface area contributed by atoms with Gasteiger partial charge in [-0.25, -0.2) is 13.1 Å². The van der Waals surface area contributed by atoms with Gasteiger partial charge in [-0.2, -0.15) is 0 Å². The Morgan fingerprint density at radius 3 is 2.61 bits per heavy atom. The zero-order valence-electron chi connectivity index (χ0n) is 11.3. The van der Waals surface area contributed by atoms with E-state index in [1.165, 1.54) is 6.42 Å². The van der Waals surface area contributed by atoms with Crippen LogP contribution in [0.1, 0.15) is 51.9 Å². The minimum absolute atomic E-state index is 0.168. The number of sulfonamides is 1. The van der Waals surface area contributed by atoms with Gasteiger partial charge in [-0.15, -0.1) is 0 Å². The first-order valence-corrected chi connectivity index (χ1v) is 8.84. The molecule has 106 valence electrons. The SMILES string of the molecule is CC1CCCC(NS(=O)(=O)C2CCCNC2)CC1. The van der Waals surface area contributed by atoms with Gasteiger partial charge in [0.05, 0.1) is 5.25 Å². The standard InChI is InChI=1S/C13H26N2O2S/c1-11-4-2-5-12(8-7-11)15-18(16,17)13-6-3-9-14-10-13/h11-15H,2-10H2,1H3. The van der Waals surface area contributed by atoms with Crippen LogP contribution in [0.25, 0.3) is 0 Å². The Morgan fingerprint density at radius 2 is 1.89 bits per heavy atom. The molecule has 3 atom stereocenters. The van der Waals surface area contributed by atoms with Crippen LogP contribution in [0.15, 0.2) is 0 Å². The quantitative estimate of drug-likeness (QED) is 0.769. The van der Waals surface area contributed by atoms with Gasteiger partial charge in [-0.1, -0.05) is 19.8 Å². The summed E-state index contributed by atoms with van der Waals surface area (Å²) in [5, 5.41) is 2.95. The highest BCUT2D eigenvalue weighted by molar-refractivity contribution is 7.90. The third kappa shape index (κ3) is 3.93. The first-order chi connectivity index (χ1) is 8.58. The highest BCUT2D eigenvalue weighted by Crippen LogP contribution is 2.23. The van der Waals surface area contributed by atoms with Crippen molar-refractivity contribution in [2.75, 3.05) is 13.1 Å². The maximum atomic E-state index is 12.3. The Labute approximate surface area is 111 Å². The molecule has 0 aromatic rings. The number of nitrogens with one attached hydrogen (secondary N) is 2. The highest BCUT2D eigenvalue weighted by atomic mass is 32.2. The molecule has 18 heavy (non-hydrogen) atoms. The lowest BCUT2D eigenvalue weighted by Gasteiger charge is -2.25. The van der Waals surface area contributed by atoms with Crippen molar-refractivity contribution in [3.63, 3.8) is 0 Å². The minimum Gasteiger partial charge on any atom is -0.315 e. The van der Waals surface area contributed by atoms with E-state index in [1.54, 1.807) is 0 Å². The van der Waals surface area contributed by atoms with Crippen molar-refractivity contribution in [1.82, 2.24) is 10.0 Å². The molecular formula is C13H26N2O2S. The molecule has 1 aliphatic carbocycles.